The van der Waals surface area contributed by atoms with Crippen molar-refractivity contribution in [2.45, 2.75) is 13.3 Å². The standard InChI is InChI=1S/C9H14OP2S/c1-2-8-3-5-9(6-4-8)12(10)7-13-11/h3-6,10H,2,7,11H2,1H3. The summed E-state index contributed by atoms with van der Waals surface area (Å²) < 4.78 is 0. The number of hydrogen-bond donors (Lipinski definition) is 1. The molecule has 0 aliphatic rings. The fourth-order valence-electron chi connectivity index (χ4n) is 1.05. The Labute approximate surface area is 87.1 Å². The summed E-state index contributed by atoms with van der Waals surface area (Å²) in [5.41, 5.74) is 2.12. The molecule has 1 aromatic rings. The van der Waals surface area contributed by atoms with Gasteiger partial charge in [0.1, 0.15) is 0 Å². The number of hydrogen-bond acceptors (Lipinski definition) is 2. The minimum atomic E-state index is -0.951. The number of rotatable bonds is 4. The minimum absolute atomic E-state index is 0.797. The predicted octanol–water partition coefficient (Wildman–Crippen LogP) is 2.74. The van der Waals surface area contributed by atoms with E-state index >= 15 is 0 Å². The maximum atomic E-state index is 9.71. The summed E-state index contributed by atoms with van der Waals surface area (Å²) in [5, 5.41) is 1.07. The molecule has 0 heterocycles. The molecule has 0 amide bonds. The van der Waals surface area contributed by atoms with Crippen molar-refractivity contribution in [1.82, 2.24) is 0 Å². The smallest absolute Gasteiger partial charge is 0.0668 e. The lowest BCUT2D eigenvalue weighted by Gasteiger charge is -2.08. The fraction of sp³-hybridized carbons (Fsp3) is 0.333. The average molecular weight is 232 g/mol. The van der Waals surface area contributed by atoms with Gasteiger partial charge in [0, 0.05) is 10.8 Å². The molecule has 1 nitrogen and oxygen atoms in total. The summed E-state index contributed by atoms with van der Waals surface area (Å²) in [6.07, 6.45) is 1.06. The molecule has 0 aromatic heterocycles. The van der Waals surface area contributed by atoms with E-state index in [4.69, 9.17) is 0 Å². The van der Waals surface area contributed by atoms with Crippen molar-refractivity contribution in [3.63, 3.8) is 0 Å². The Morgan fingerprint density at radius 1 is 1.38 bits per heavy atom. The topological polar surface area (TPSA) is 20.2 Å². The van der Waals surface area contributed by atoms with Gasteiger partial charge in [-0.1, -0.05) is 39.6 Å². The molecule has 4 heteroatoms. The predicted molar refractivity (Wildman–Crippen MR) is 66.8 cm³/mol. The molecule has 2 unspecified atom stereocenters. The van der Waals surface area contributed by atoms with E-state index < -0.39 is 8.15 Å². The molecule has 0 aliphatic carbocycles. The van der Waals surface area contributed by atoms with Crippen LogP contribution in [-0.4, -0.2) is 10.4 Å². The molecule has 0 fully saturated rings. The third-order valence-corrected chi connectivity index (χ3v) is 5.65. The first-order valence-electron chi connectivity index (χ1n) is 4.15. The highest BCUT2D eigenvalue weighted by molar-refractivity contribution is 8.45. The van der Waals surface area contributed by atoms with Crippen LogP contribution in [0.5, 0.6) is 0 Å². The molecule has 0 radical (unpaired) electrons. The summed E-state index contributed by atoms with van der Waals surface area (Å²) in [4.78, 5) is 9.71. The highest BCUT2D eigenvalue weighted by Gasteiger charge is 2.05. The minimum Gasteiger partial charge on any atom is -0.368 e. The molecule has 1 N–H and O–H groups in total. The van der Waals surface area contributed by atoms with Crippen molar-refractivity contribution in [3.05, 3.63) is 29.8 Å². The molecular weight excluding hydrogens is 218 g/mol. The Morgan fingerprint density at radius 2 is 2.00 bits per heavy atom. The van der Waals surface area contributed by atoms with Crippen LogP contribution in [0.1, 0.15) is 12.5 Å². The van der Waals surface area contributed by atoms with Gasteiger partial charge in [-0.2, -0.15) is 0 Å². The van der Waals surface area contributed by atoms with Gasteiger partial charge in [-0.3, -0.25) is 0 Å². The Balaban J connectivity index is 2.67. The molecule has 0 bridgehead atoms. The lowest BCUT2D eigenvalue weighted by molar-refractivity contribution is 0.640. The van der Waals surface area contributed by atoms with Crippen LogP contribution in [0.4, 0.5) is 0 Å². The van der Waals surface area contributed by atoms with Crippen LogP contribution in [0.3, 0.4) is 0 Å². The second-order valence-electron chi connectivity index (χ2n) is 2.72. The highest BCUT2D eigenvalue weighted by atomic mass is 32.7. The second-order valence-corrected chi connectivity index (χ2v) is 6.40. The highest BCUT2D eigenvalue weighted by Crippen LogP contribution is 2.35. The van der Waals surface area contributed by atoms with Gasteiger partial charge in [0.05, 0.1) is 8.15 Å². The van der Waals surface area contributed by atoms with Gasteiger partial charge in [0.25, 0.3) is 0 Å². The normalized spacial score (nSPS) is 12.8. The molecule has 2 atom stereocenters. The molecule has 13 heavy (non-hydrogen) atoms. The molecule has 1 rings (SSSR count). The van der Waals surface area contributed by atoms with Crippen molar-refractivity contribution in [2.75, 3.05) is 5.49 Å². The van der Waals surface area contributed by atoms with Crippen LogP contribution in [-0.2, 0) is 6.42 Å². The zero-order chi connectivity index (χ0) is 9.68. The molecule has 1 aromatic carbocycles. The zero-order valence-electron chi connectivity index (χ0n) is 7.60. The van der Waals surface area contributed by atoms with Gasteiger partial charge < -0.3 is 4.89 Å². The molecule has 0 spiro atoms. The van der Waals surface area contributed by atoms with E-state index in [9.17, 15) is 4.89 Å². The number of benzene rings is 1. The van der Waals surface area contributed by atoms with Crippen LogP contribution in [0.25, 0.3) is 0 Å². The first-order valence-corrected chi connectivity index (χ1v) is 8.09. The summed E-state index contributed by atoms with van der Waals surface area (Å²) in [6, 6.07) is 8.25. The van der Waals surface area contributed by atoms with Crippen molar-refractivity contribution in [3.8, 4) is 0 Å². The van der Waals surface area contributed by atoms with Gasteiger partial charge in [0.15, 0.2) is 0 Å². The van der Waals surface area contributed by atoms with Crippen LogP contribution in [0.2, 0.25) is 0 Å². The summed E-state index contributed by atoms with van der Waals surface area (Å²) in [6.45, 7) is 2.13. The van der Waals surface area contributed by atoms with Gasteiger partial charge >= 0.3 is 0 Å². The lowest BCUT2D eigenvalue weighted by atomic mass is 10.2. The van der Waals surface area contributed by atoms with Crippen LogP contribution < -0.4 is 5.30 Å². The van der Waals surface area contributed by atoms with E-state index in [-0.39, 0.29) is 0 Å². The Morgan fingerprint density at radius 3 is 2.46 bits per heavy atom. The maximum absolute atomic E-state index is 9.71. The van der Waals surface area contributed by atoms with E-state index in [2.05, 4.69) is 27.5 Å². The third-order valence-electron chi connectivity index (χ3n) is 1.84. The molecule has 0 saturated carbocycles. The van der Waals surface area contributed by atoms with Crippen LogP contribution >= 0.6 is 28.0 Å². The van der Waals surface area contributed by atoms with E-state index in [0.29, 0.717) is 0 Å². The summed E-state index contributed by atoms with van der Waals surface area (Å²) >= 11 is 1.61. The maximum Gasteiger partial charge on any atom is 0.0668 e. The molecule has 0 aliphatic heterocycles. The SMILES string of the molecule is CCc1ccc(P(O)CSP)cc1. The van der Waals surface area contributed by atoms with Gasteiger partial charge in [-0.25, -0.2) is 0 Å². The van der Waals surface area contributed by atoms with Crippen molar-refractivity contribution >= 4 is 33.3 Å². The first-order chi connectivity index (χ1) is 6.27. The van der Waals surface area contributed by atoms with E-state index in [1.807, 2.05) is 12.1 Å². The Kier molecular flexibility index (Phi) is 5.28. The van der Waals surface area contributed by atoms with Crippen molar-refractivity contribution < 1.29 is 4.89 Å². The monoisotopic (exact) mass is 232 g/mol. The summed E-state index contributed by atoms with van der Waals surface area (Å²) in [7, 11) is 1.61. The Hall–Kier alpha value is 0.390. The van der Waals surface area contributed by atoms with E-state index in [1.165, 1.54) is 5.56 Å². The van der Waals surface area contributed by atoms with Crippen molar-refractivity contribution in [1.29, 1.82) is 0 Å². The van der Waals surface area contributed by atoms with E-state index in [1.54, 1.807) is 11.4 Å². The number of aryl methyl sites for hydroxylation is 1. The second kappa shape index (κ2) is 5.98. The quantitative estimate of drug-likeness (QED) is 0.805. The van der Waals surface area contributed by atoms with E-state index in [0.717, 1.165) is 17.2 Å². The van der Waals surface area contributed by atoms with Crippen molar-refractivity contribution in [2.24, 2.45) is 0 Å². The lowest BCUT2D eigenvalue weighted by Crippen LogP contribution is -2.00. The largest absolute Gasteiger partial charge is 0.368 e. The average Bonchev–Trinajstić information content (AvgIpc) is 2.18. The summed E-state index contributed by atoms with van der Waals surface area (Å²) in [5.74, 6) is 0. The third kappa shape index (κ3) is 3.56. The van der Waals surface area contributed by atoms with Gasteiger partial charge in [0.2, 0.25) is 0 Å². The Bertz CT molecular complexity index is 250. The zero-order valence-corrected chi connectivity index (χ0v) is 10.5. The van der Waals surface area contributed by atoms with Gasteiger partial charge in [-0.05, 0) is 12.0 Å². The molecule has 72 valence electrons. The molecule has 0 saturated heterocycles. The van der Waals surface area contributed by atoms with Crippen LogP contribution in [0.15, 0.2) is 24.3 Å². The first kappa shape index (κ1) is 11.5. The van der Waals surface area contributed by atoms with Gasteiger partial charge in [-0.15, -0.1) is 11.4 Å². The van der Waals surface area contributed by atoms with Crippen LogP contribution in [0, 0.1) is 0 Å². The molecular formula is C9H14OP2S. The fourth-order valence-corrected chi connectivity index (χ4v) is 3.97.